The van der Waals surface area contributed by atoms with Crippen LogP contribution < -0.4 is 4.90 Å². The maximum absolute atomic E-state index is 2.53. The van der Waals surface area contributed by atoms with E-state index in [1.807, 2.05) is 0 Å². The van der Waals surface area contributed by atoms with E-state index in [0.717, 1.165) is 17.1 Å². The molecule has 0 bridgehead atoms. The highest BCUT2D eigenvalue weighted by Crippen LogP contribution is 2.63. The third-order valence-electron chi connectivity index (χ3n) is 16.0. The van der Waals surface area contributed by atoms with Gasteiger partial charge in [-0.05, 0) is 138 Å². The van der Waals surface area contributed by atoms with Crippen LogP contribution in [0.5, 0.6) is 0 Å². The smallest absolute Gasteiger partial charge is 0.0726 e. The molecule has 68 heavy (non-hydrogen) atoms. The second-order valence-electron chi connectivity index (χ2n) is 19.6. The van der Waals surface area contributed by atoms with Gasteiger partial charge in [0.1, 0.15) is 0 Å². The van der Waals surface area contributed by atoms with Crippen LogP contribution in [0.4, 0.5) is 17.1 Å². The van der Waals surface area contributed by atoms with Crippen LogP contribution in [0.25, 0.3) is 82.4 Å². The molecule has 1 spiro atoms. The molecular formula is C66H44N2. The van der Waals surface area contributed by atoms with Gasteiger partial charge in [0.15, 0.2) is 0 Å². The Hall–Kier alpha value is -8.46. The summed E-state index contributed by atoms with van der Waals surface area (Å²) in [5.74, 6) is 0. The molecule has 0 radical (unpaired) electrons. The van der Waals surface area contributed by atoms with Gasteiger partial charge in [0.2, 0.25) is 0 Å². The number of nitrogens with zero attached hydrogens (tertiary/aromatic N) is 2. The molecule has 0 fully saturated rings. The molecule has 1 heterocycles. The molecule has 2 nitrogen and oxygen atoms in total. The zero-order valence-electron chi connectivity index (χ0n) is 37.8. The summed E-state index contributed by atoms with van der Waals surface area (Å²) in [7, 11) is 0. The van der Waals surface area contributed by atoms with Crippen LogP contribution in [0.15, 0.2) is 231 Å². The molecule has 0 N–H and O–H groups in total. The summed E-state index contributed by atoms with van der Waals surface area (Å²) < 4.78 is 2.48. The van der Waals surface area contributed by atoms with Crippen molar-refractivity contribution in [3.63, 3.8) is 0 Å². The van der Waals surface area contributed by atoms with Crippen LogP contribution in [-0.2, 0) is 10.8 Å². The van der Waals surface area contributed by atoms with Crippen LogP contribution in [0.2, 0.25) is 0 Å². The molecule has 318 valence electrons. The van der Waals surface area contributed by atoms with Crippen LogP contribution in [-0.4, -0.2) is 4.57 Å². The first-order chi connectivity index (χ1) is 33.5. The molecule has 0 amide bonds. The van der Waals surface area contributed by atoms with Gasteiger partial charge in [0, 0.05) is 38.6 Å². The number of fused-ring (bicyclic) bond motifs is 19. The average Bonchev–Trinajstić information content (AvgIpc) is 4.06. The Morgan fingerprint density at radius 2 is 0.824 bits per heavy atom. The Bertz CT molecular complexity index is 4080. The van der Waals surface area contributed by atoms with Crippen LogP contribution in [0.3, 0.4) is 0 Å². The summed E-state index contributed by atoms with van der Waals surface area (Å²) in [5.41, 5.74) is 22.3. The molecule has 0 saturated carbocycles. The van der Waals surface area contributed by atoms with Crippen molar-refractivity contribution in [2.45, 2.75) is 24.7 Å². The van der Waals surface area contributed by atoms with E-state index < -0.39 is 5.41 Å². The molecule has 0 unspecified atom stereocenters. The Balaban J connectivity index is 0.926. The van der Waals surface area contributed by atoms with Gasteiger partial charge in [-0.1, -0.05) is 190 Å². The predicted molar refractivity (Wildman–Crippen MR) is 284 cm³/mol. The standard InChI is InChI=1S/C66H44N2/c1-65(2)58-38-43(31-34-51(58)52-35-33-45(39-59(52)65)68-62-28-14-10-24-54(62)64-47-20-6-4-17-42(47)30-37-63(64)68)67(61-29-15-18-41-16-3-5-19-46(41)61)44-32-36-53-50-23-9-13-27-57(50)66(60(53)40-44)55-25-11-7-21-48(55)49-22-8-12-26-56(49)66/h3-40H,1-2H3. The van der Waals surface area contributed by atoms with Gasteiger partial charge in [-0.15, -0.1) is 0 Å². The quantitative estimate of drug-likeness (QED) is 0.171. The number of anilines is 3. The van der Waals surface area contributed by atoms with Crippen LogP contribution >= 0.6 is 0 Å². The highest BCUT2D eigenvalue weighted by atomic mass is 15.1. The lowest BCUT2D eigenvalue weighted by molar-refractivity contribution is 0.660. The van der Waals surface area contributed by atoms with Gasteiger partial charge in [0.05, 0.1) is 22.1 Å². The maximum Gasteiger partial charge on any atom is 0.0726 e. The Kier molecular flexibility index (Phi) is 7.53. The summed E-state index contributed by atoms with van der Waals surface area (Å²) >= 11 is 0. The fraction of sp³-hybridized carbons (Fsp3) is 0.0606. The first-order valence-electron chi connectivity index (χ1n) is 23.9. The van der Waals surface area contributed by atoms with E-state index in [-0.39, 0.29) is 5.41 Å². The second-order valence-corrected chi connectivity index (χ2v) is 19.6. The van der Waals surface area contributed by atoms with E-state index in [0.29, 0.717) is 0 Å². The largest absolute Gasteiger partial charge is 0.310 e. The van der Waals surface area contributed by atoms with E-state index in [4.69, 9.17) is 0 Å². The minimum Gasteiger partial charge on any atom is -0.310 e. The normalized spacial score (nSPS) is 14.3. The molecule has 0 saturated heterocycles. The van der Waals surface area contributed by atoms with E-state index in [2.05, 4.69) is 254 Å². The molecule has 1 aromatic heterocycles. The van der Waals surface area contributed by atoms with Crippen LogP contribution in [0, 0.1) is 0 Å². The first-order valence-corrected chi connectivity index (χ1v) is 23.9. The maximum atomic E-state index is 2.53. The number of para-hydroxylation sites is 1. The summed E-state index contributed by atoms with van der Waals surface area (Å²) in [4.78, 5) is 2.53. The average molecular weight is 865 g/mol. The third kappa shape index (κ3) is 4.81. The number of benzene rings is 11. The summed E-state index contributed by atoms with van der Waals surface area (Å²) in [6, 6.07) is 86.8. The Morgan fingerprint density at radius 1 is 0.338 bits per heavy atom. The highest BCUT2D eigenvalue weighted by molar-refractivity contribution is 6.21. The first kappa shape index (κ1) is 37.7. The van der Waals surface area contributed by atoms with Gasteiger partial charge in [-0.2, -0.15) is 0 Å². The fourth-order valence-corrected chi connectivity index (χ4v) is 13.1. The fourth-order valence-electron chi connectivity index (χ4n) is 13.1. The van der Waals surface area contributed by atoms with Crippen molar-refractivity contribution in [3.8, 4) is 39.1 Å². The minimum absolute atomic E-state index is 0.270. The summed E-state index contributed by atoms with van der Waals surface area (Å²) in [5, 5.41) is 7.58. The monoisotopic (exact) mass is 864 g/mol. The molecule has 0 aliphatic heterocycles. The number of hydrogen-bond acceptors (Lipinski definition) is 1. The number of rotatable bonds is 4. The van der Waals surface area contributed by atoms with Crippen molar-refractivity contribution in [3.05, 3.63) is 264 Å². The molecule has 2 heteroatoms. The zero-order valence-corrected chi connectivity index (χ0v) is 37.8. The Morgan fingerprint density at radius 3 is 1.50 bits per heavy atom. The lowest BCUT2D eigenvalue weighted by Crippen LogP contribution is -2.26. The second kappa shape index (κ2) is 13.6. The lowest BCUT2D eigenvalue weighted by Gasteiger charge is -2.33. The molecule has 3 aliphatic rings. The van der Waals surface area contributed by atoms with E-state index in [1.54, 1.807) is 0 Å². The summed E-state index contributed by atoms with van der Waals surface area (Å²) in [6.45, 7) is 4.83. The SMILES string of the molecule is CC1(C)c2cc(N(c3ccc4c(c3)C3(c5ccccc5-c5ccccc53)c3ccccc3-4)c3cccc4ccccc34)ccc2-c2ccc(-n3c4ccccc4c4c5ccccc5ccc43)cc21. The number of hydrogen-bond donors (Lipinski definition) is 0. The van der Waals surface area contributed by atoms with E-state index in [1.165, 1.54) is 116 Å². The van der Waals surface area contributed by atoms with Crippen molar-refractivity contribution in [1.82, 2.24) is 4.57 Å². The third-order valence-corrected chi connectivity index (χ3v) is 16.0. The Labute approximate surface area is 395 Å². The summed E-state index contributed by atoms with van der Waals surface area (Å²) in [6.07, 6.45) is 0. The van der Waals surface area contributed by atoms with Crippen LogP contribution in [0.1, 0.15) is 47.2 Å². The van der Waals surface area contributed by atoms with Crippen molar-refractivity contribution >= 4 is 60.4 Å². The van der Waals surface area contributed by atoms with Gasteiger partial charge >= 0.3 is 0 Å². The van der Waals surface area contributed by atoms with Crippen molar-refractivity contribution in [2.75, 3.05) is 4.90 Å². The molecule has 0 atom stereocenters. The lowest BCUT2D eigenvalue weighted by atomic mass is 9.70. The zero-order chi connectivity index (χ0) is 44.9. The van der Waals surface area contributed by atoms with E-state index in [9.17, 15) is 0 Å². The van der Waals surface area contributed by atoms with Gasteiger partial charge in [-0.25, -0.2) is 0 Å². The highest BCUT2D eigenvalue weighted by Gasteiger charge is 2.51. The number of aromatic nitrogens is 1. The molecule has 11 aromatic carbocycles. The van der Waals surface area contributed by atoms with Crippen molar-refractivity contribution in [1.29, 1.82) is 0 Å². The molecular weight excluding hydrogens is 821 g/mol. The molecule has 3 aliphatic carbocycles. The topological polar surface area (TPSA) is 8.17 Å². The predicted octanol–water partition coefficient (Wildman–Crippen LogP) is 17.2. The minimum atomic E-state index is -0.442. The van der Waals surface area contributed by atoms with Gasteiger partial charge < -0.3 is 9.47 Å². The van der Waals surface area contributed by atoms with Gasteiger partial charge in [-0.3, -0.25) is 0 Å². The van der Waals surface area contributed by atoms with E-state index >= 15 is 0 Å². The van der Waals surface area contributed by atoms with Gasteiger partial charge in [0.25, 0.3) is 0 Å². The van der Waals surface area contributed by atoms with Crippen molar-refractivity contribution in [2.24, 2.45) is 0 Å². The molecule has 12 aromatic rings. The van der Waals surface area contributed by atoms with Crippen molar-refractivity contribution < 1.29 is 0 Å². The molecule has 15 rings (SSSR count).